The summed E-state index contributed by atoms with van der Waals surface area (Å²) in [5.41, 5.74) is 0.611. The number of aromatic nitrogens is 1. The molecular weight excluding hydrogens is 324 g/mol. The van der Waals surface area contributed by atoms with Crippen LogP contribution in [0.4, 0.5) is 4.79 Å². The summed E-state index contributed by atoms with van der Waals surface area (Å²) in [5, 5.41) is 11.4. The maximum Gasteiger partial charge on any atom is 0.315 e. The summed E-state index contributed by atoms with van der Waals surface area (Å²) in [6.07, 6.45) is 4.00. The lowest BCUT2D eigenvalue weighted by molar-refractivity contribution is 0.0954. The van der Waals surface area contributed by atoms with Crippen molar-refractivity contribution in [1.82, 2.24) is 20.9 Å². The summed E-state index contributed by atoms with van der Waals surface area (Å²) < 4.78 is 0. The Bertz CT molecular complexity index is 671. The van der Waals surface area contributed by atoms with Crippen LogP contribution < -0.4 is 16.0 Å². The highest BCUT2D eigenvalue weighted by Crippen LogP contribution is 2.41. The number of carbonyl (C=O) groups excluding carboxylic acids is 2. The van der Waals surface area contributed by atoms with Crippen LogP contribution in [0.25, 0.3) is 0 Å². The summed E-state index contributed by atoms with van der Waals surface area (Å²) in [4.78, 5) is 28.2. The average molecular weight is 344 g/mol. The number of hydrogen-bond donors (Lipinski definition) is 3. The first-order chi connectivity index (χ1) is 11.7. The Morgan fingerprint density at radius 3 is 2.58 bits per heavy atom. The van der Waals surface area contributed by atoms with Gasteiger partial charge in [0.05, 0.1) is 6.04 Å². The van der Waals surface area contributed by atoms with Crippen molar-refractivity contribution < 1.29 is 9.59 Å². The minimum Gasteiger partial charge on any atom is -0.350 e. The van der Waals surface area contributed by atoms with E-state index in [9.17, 15) is 9.59 Å². The van der Waals surface area contributed by atoms with Crippen molar-refractivity contribution in [3.05, 3.63) is 52.5 Å². The third-order valence-electron chi connectivity index (χ3n) is 3.83. The quantitative estimate of drug-likeness (QED) is 0.674. The second-order valence-corrected chi connectivity index (χ2v) is 6.63. The molecule has 126 valence electrons. The Kier molecular flexibility index (Phi) is 5.43. The van der Waals surface area contributed by atoms with Gasteiger partial charge >= 0.3 is 6.03 Å². The second kappa shape index (κ2) is 7.92. The van der Waals surface area contributed by atoms with E-state index in [1.165, 1.54) is 0 Å². The molecule has 0 unspecified atom stereocenters. The number of thiazole rings is 1. The summed E-state index contributed by atoms with van der Waals surface area (Å²) in [5.74, 6) is 0.344. The Morgan fingerprint density at radius 2 is 1.92 bits per heavy atom. The number of amides is 3. The first kappa shape index (κ1) is 16.4. The van der Waals surface area contributed by atoms with Gasteiger partial charge in [-0.15, -0.1) is 11.3 Å². The largest absolute Gasteiger partial charge is 0.350 e. The highest BCUT2D eigenvalue weighted by molar-refractivity contribution is 7.09. The molecule has 3 rings (SSSR count). The van der Waals surface area contributed by atoms with Gasteiger partial charge in [0.25, 0.3) is 5.91 Å². The molecule has 0 radical (unpaired) electrons. The molecule has 3 amide bonds. The minimum atomic E-state index is -0.226. The maximum absolute atomic E-state index is 12.0. The van der Waals surface area contributed by atoms with Gasteiger partial charge in [-0.2, -0.15) is 0 Å². The fraction of sp³-hybridized carbons (Fsp3) is 0.353. The molecular formula is C17H20N4O2S. The zero-order valence-corrected chi connectivity index (χ0v) is 14.0. The maximum atomic E-state index is 12.0. The van der Waals surface area contributed by atoms with Gasteiger partial charge in [0, 0.05) is 30.2 Å². The molecule has 2 aromatic rings. The second-order valence-electron chi connectivity index (χ2n) is 5.71. The van der Waals surface area contributed by atoms with Gasteiger partial charge in [0.1, 0.15) is 5.01 Å². The van der Waals surface area contributed by atoms with Crippen LogP contribution in [0.3, 0.4) is 0 Å². The summed E-state index contributed by atoms with van der Waals surface area (Å²) in [7, 11) is 0. The van der Waals surface area contributed by atoms with Crippen molar-refractivity contribution in [2.24, 2.45) is 5.92 Å². The normalized spacial score (nSPS) is 14.7. The van der Waals surface area contributed by atoms with Gasteiger partial charge in [0.2, 0.25) is 0 Å². The Balaban J connectivity index is 1.39. The minimum absolute atomic E-state index is 0.0103. The van der Waals surface area contributed by atoms with Crippen LogP contribution in [0.2, 0.25) is 0 Å². The standard InChI is InChI=1S/C17H20N4O2S/c22-15(13-4-2-1-3-5-13)18-8-9-20-17(23)21-14(12-6-7-12)16-19-10-11-24-16/h1-5,10-12,14H,6-9H2,(H,18,22)(H2,20,21,23)/t14-/m0/s1. The molecule has 24 heavy (non-hydrogen) atoms. The van der Waals surface area contributed by atoms with Gasteiger partial charge in [-0.1, -0.05) is 18.2 Å². The molecule has 1 saturated carbocycles. The molecule has 6 nitrogen and oxygen atoms in total. The fourth-order valence-electron chi connectivity index (χ4n) is 2.43. The zero-order valence-electron chi connectivity index (χ0n) is 13.2. The van der Waals surface area contributed by atoms with Crippen molar-refractivity contribution in [1.29, 1.82) is 0 Å². The molecule has 1 aromatic heterocycles. The van der Waals surface area contributed by atoms with Gasteiger partial charge in [-0.25, -0.2) is 9.78 Å². The highest BCUT2D eigenvalue weighted by atomic mass is 32.1. The SMILES string of the molecule is O=C(NCCNC(=O)c1ccccc1)N[C@H](c1nccs1)C1CC1. The number of carbonyl (C=O) groups is 2. The van der Waals surface area contributed by atoms with Gasteiger partial charge in [-0.05, 0) is 30.9 Å². The van der Waals surface area contributed by atoms with Gasteiger partial charge < -0.3 is 16.0 Å². The molecule has 1 fully saturated rings. The van der Waals surface area contributed by atoms with E-state index in [1.807, 2.05) is 23.6 Å². The molecule has 1 aliphatic rings. The molecule has 3 N–H and O–H groups in total. The molecule has 0 bridgehead atoms. The van der Waals surface area contributed by atoms with Crippen LogP contribution in [0.1, 0.15) is 34.2 Å². The molecule has 1 aliphatic carbocycles. The van der Waals surface area contributed by atoms with Crippen LogP contribution >= 0.6 is 11.3 Å². The van der Waals surface area contributed by atoms with E-state index in [0.29, 0.717) is 24.6 Å². The number of nitrogens with one attached hydrogen (secondary N) is 3. The Hall–Kier alpha value is -2.41. The van der Waals surface area contributed by atoms with Crippen molar-refractivity contribution in [2.75, 3.05) is 13.1 Å². The molecule has 0 saturated heterocycles. The molecule has 7 heteroatoms. The van der Waals surface area contributed by atoms with Gasteiger partial charge in [-0.3, -0.25) is 4.79 Å². The third-order valence-corrected chi connectivity index (χ3v) is 4.69. The average Bonchev–Trinajstić information content (AvgIpc) is 3.31. The molecule has 1 aromatic carbocycles. The van der Waals surface area contributed by atoms with Crippen LogP contribution in [0.15, 0.2) is 41.9 Å². The van der Waals surface area contributed by atoms with E-state index >= 15 is 0 Å². The summed E-state index contributed by atoms with van der Waals surface area (Å²) in [6, 6.07) is 8.77. The molecule has 0 aliphatic heterocycles. The predicted molar refractivity (Wildman–Crippen MR) is 92.9 cm³/mol. The Morgan fingerprint density at radius 1 is 1.17 bits per heavy atom. The smallest absolute Gasteiger partial charge is 0.315 e. The zero-order chi connectivity index (χ0) is 16.8. The summed E-state index contributed by atoms with van der Waals surface area (Å²) in [6.45, 7) is 0.756. The molecule has 0 spiro atoms. The number of hydrogen-bond acceptors (Lipinski definition) is 4. The lowest BCUT2D eigenvalue weighted by atomic mass is 10.2. The van der Waals surface area contributed by atoms with E-state index in [0.717, 1.165) is 17.8 Å². The van der Waals surface area contributed by atoms with Crippen LogP contribution in [0.5, 0.6) is 0 Å². The lowest BCUT2D eigenvalue weighted by Crippen LogP contribution is -2.42. The first-order valence-electron chi connectivity index (χ1n) is 8.01. The molecule has 1 atom stereocenters. The number of rotatable bonds is 7. The van der Waals surface area contributed by atoms with E-state index in [-0.39, 0.29) is 18.0 Å². The Labute approximate surface area is 144 Å². The van der Waals surface area contributed by atoms with Crippen molar-refractivity contribution in [2.45, 2.75) is 18.9 Å². The van der Waals surface area contributed by atoms with Crippen LogP contribution in [-0.4, -0.2) is 30.0 Å². The molecule has 1 heterocycles. The highest BCUT2D eigenvalue weighted by Gasteiger charge is 2.34. The monoisotopic (exact) mass is 344 g/mol. The van der Waals surface area contributed by atoms with Crippen molar-refractivity contribution in [3.63, 3.8) is 0 Å². The van der Waals surface area contributed by atoms with E-state index < -0.39 is 0 Å². The van der Waals surface area contributed by atoms with E-state index in [1.54, 1.807) is 29.7 Å². The predicted octanol–water partition coefficient (Wildman–Crippen LogP) is 2.32. The van der Waals surface area contributed by atoms with E-state index in [2.05, 4.69) is 20.9 Å². The third kappa shape index (κ3) is 4.55. The van der Waals surface area contributed by atoms with Crippen molar-refractivity contribution >= 4 is 23.3 Å². The van der Waals surface area contributed by atoms with Gasteiger partial charge in [0.15, 0.2) is 0 Å². The topological polar surface area (TPSA) is 83.1 Å². The van der Waals surface area contributed by atoms with Crippen molar-refractivity contribution in [3.8, 4) is 0 Å². The van der Waals surface area contributed by atoms with Crippen LogP contribution in [0, 0.1) is 5.92 Å². The lowest BCUT2D eigenvalue weighted by Gasteiger charge is -2.16. The first-order valence-corrected chi connectivity index (χ1v) is 8.89. The van der Waals surface area contributed by atoms with Crippen LogP contribution in [-0.2, 0) is 0 Å². The summed E-state index contributed by atoms with van der Waals surface area (Å²) >= 11 is 1.56. The number of urea groups is 1. The number of benzene rings is 1. The fourth-order valence-corrected chi connectivity index (χ4v) is 3.22. The van der Waals surface area contributed by atoms with E-state index in [4.69, 9.17) is 0 Å². The number of nitrogens with zero attached hydrogens (tertiary/aromatic N) is 1.